The minimum atomic E-state index is -4.44. The van der Waals surface area contributed by atoms with Crippen molar-refractivity contribution < 1.29 is 17.6 Å². The fraction of sp³-hybridized carbons (Fsp3) is 0.222. The van der Waals surface area contributed by atoms with Crippen molar-refractivity contribution in [2.75, 3.05) is 0 Å². The van der Waals surface area contributed by atoms with Gasteiger partial charge in [0.1, 0.15) is 5.82 Å². The summed E-state index contributed by atoms with van der Waals surface area (Å²) in [4.78, 5) is 0. The van der Waals surface area contributed by atoms with Gasteiger partial charge in [-0.1, -0.05) is 52.3 Å². The Labute approximate surface area is 141 Å². The fourth-order valence-electron chi connectivity index (χ4n) is 2.19. The van der Waals surface area contributed by atoms with Gasteiger partial charge in [0.15, 0.2) is 0 Å². The minimum absolute atomic E-state index is 0.0267. The van der Waals surface area contributed by atoms with E-state index >= 15 is 0 Å². The van der Waals surface area contributed by atoms with Gasteiger partial charge >= 0.3 is 6.18 Å². The molecular formula is C18H15BrF4. The minimum Gasteiger partial charge on any atom is -0.207 e. The molecule has 2 rings (SSSR count). The third-order valence-corrected chi connectivity index (χ3v) is 4.43. The molecule has 0 bridgehead atoms. The Morgan fingerprint density at radius 1 is 1.00 bits per heavy atom. The lowest BCUT2D eigenvalue weighted by Gasteiger charge is -2.18. The van der Waals surface area contributed by atoms with Gasteiger partial charge in [-0.25, -0.2) is 4.39 Å². The number of alkyl halides is 3. The summed E-state index contributed by atoms with van der Waals surface area (Å²) in [5.41, 5.74) is 1.89. The van der Waals surface area contributed by atoms with Gasteiger partial charge in [0, 0.05) is 4.47 Å². The summed E-state index contributed by atoms with van der Waals surface area (Å²) in [6.45, 7) is 3.35. The Kier molecular flexibility index (Phi) is 5.30. The van der Waals surface area contributed by atoms with Gasteiger partial charge in [0.25, 0.3) is 0 Å². The standard InChI is InChI=1S/C18H15BrF4/c1-11-3-4-13(10-16(11)19)5-7-15(18(21,22)23)14-6-8-17(20)12(2)9-14/h3-10,15H,1-2H3/b7-5+. The number of halogens is 5. The molecule has 0 saturated heterocycles. The molecule has 2 aromatic carbocycles. The summed E-state index contributed by atoms with van der Waals surface area (Å²) in [6, 6.07) is 8.82. The van der Waals surface area contributed by atoms with Crippen LogP contribution in [0.4, 0.5) is 17.6 Å². The van der Waals surface area contributed by atoms with Crippen molar-refractivity contribution in [1.82, 2.24) is 0 Å². The first-order chi connectivity index (χ1) is 10.7. The number of aryl methyl sites for hydroxylation is 2. The first kappa shape index (κ1) is 17.7. The molecule has 122 valence electrons. The Bertz CT molecular complexity index is 732. The molecule has 5 heteroatoms. The van der Waals surface area contributed by atoms with Gasteiger partial charge in [-0.2, -0.15) is 13.2 Å². The van der Waals surface area contributed by atoms with Crippen LogP contribution in [-0.4, -0.2) is 6.18 Å². The van der Waals surface area contributed by atoms with Gasteiger partial charge < -0.3 is 0 Å². The highest BCUT2D eigenvalue weighted by Gasteiger charge is 2.39. The molecule has 0 aliphatic rings. The van der Waals surface area contributed by atoms with Crippen molar-refractivity contribution in [2.45, 2.75) is 25.9 Å². The molecule has 0 saturated carbocycles. The van der Waals surface area contributed by atoms with E-state index < -0.39 is 17.9 Å². The lowest BCUT2D eigenvalue weighted by molar-refractivity contribution is -0.139. The molecule has 0 aliphatic heterocycles. The number of allylic oxidation sites excluding steroid dienone is 1. The predicted octanol–water partition coefficient (Wildman–Crippen LogP) is 6.56. The van der Waals surface area contributed by atoms with E-state index in [0.717, 1.165) is 22.2 Å². The van der Waals surface area contributed by atoms with Crippen LogP contribution in [0.1, 0.15) is 28.2 Å². The smallest absolute Gasteiger partial charge is 0.207 e. The zero-order chi connectivity index (χ0) is 17.2. The summed E-state index contributed by atoms with van der Waals surface area (Å²) in [6.07, 6.45) is -1.91. The zero-order valence-corrected chi connectivity index (χ0v) is 14.2. The van der Waals surface area contributed by atoms with Crippen LogP contribution in [0.3, 0.4) is 0 Å². The van der Waals surface area contributed by atoms with Gasteiger partial charge in [0.05, 0.1) is 5.92 Å². The van der Waals surface area contributed by atoms with Crippen LogP contribution >= 0.6 is 15.9 Å². The van der Waals surface area contributed by atoms with E-state index in [2.05, 4.69) is 15.9 Å². The molecular weight excluding hydrogens is 372 g/mol. The predicted molar refractivity (Wildman–Crippen MR) is 87.8 cm³/mol. The maximum absolute atomic E-state index is 13.3. The second-order valence-electron chi connectivity index (χ2n) is 5.40. The highest BCUT2D eigenvalue weighted by Crippen LogP contribution is 2.37. The average Bonchev–Trinajstić information content (AvgIpc) is 2.45. The van der Waals surface area contributed by atoms with E-state index in [0.29, 0.717) is 5.56 Å². The molecule has 0 amide bonds. The highest BCUT2D eigenvalue weighted by atomic mass is 79.9. The van der Waals surface area contributed by atoms with E-state index in [-0.39, 0.29) is 11.1 Å². The Hall–Kier alpha value is -1.62. The molecule has 0 radical (unpaired) electrons. The average molecular weight is 387 g/mol. The van der Waals surface area contributed by atoms with Gasteiger partial charge in [-0.15, -0.1) is 0 Å². The normalized spacial score (nSPS) is 13.5. The van der Waals surface area contributed by atoms with Crippen LogP contribution in [0.15, 0.2) is 46.9 Å². The maximum atomic E-state index is 13.3. The molecule has 0 N–H and O–H groups in total. The van der Waals surface area contributed by atoms with Crippen LogP contribution in [0.5, 0.6) is 0 Å². The van der Waals surface area contributed by atoms with Crippen molar-refractivity contribution in [3.63, 3.8) is 0 Å². The first-order valence-corrected chi connectivity index (χ1v) is 7.75. The summed E-state index contributed by atoms with van der Waals surface area (Å²) in [5.74, 6) is -2.29. The molecule has 1 atom stereocenters. The highest BCUT2D eigenvalue weighted by molar-refractivity contribution is 9.10. The SMILES string of the molecule is Cc1cc(C(/C=C/c2ccc(C)c(Br)c2)C(F)(F)F)ccc1F. The second-order valence-corrected chi connectivity index (χ2v) is 6.25. The number of rotatable bonds is 3. The van der Waals surface area contributed by atoms with Crippen molar-refractivity contribution in [3.05, 3.63) is 75.0 Å². The topological polar surface area (TPSA) is 0 Å². The number of hydrogen-bond donors (Lipinski definition) is 0. The second kappa shape index (κ2) is 6.87. The summed E-state index contributed by atoms with van der Waals surface area (Å²) < 4.78 is 54.1. The van der Waals surface area contributed by atoms with Crippen molar-refractivity contribution in [3.8, 4) is 0 Å². The largest absolute Gasteiger partial charge is 0.399 e. The van der Waals surface area contributed by atoms with Crippen molar-refractivity contribution in [1.29, 1.82) is 0 Å². The van der Waals surface area contributed by atoms with E-state index in [9.17, 15) is 17.6 Å². The summed E-state index contributed by atoms with van der Waals surface area (Å²) >= 11 is 3.36. The van der Waals surface area contributed by atoms with Gasteiger partial charge in [-0.3, -0.25) is 0 Å². The molecule has 0 spiro atoms. The van der Waals surface area contributed by atoms with Gasteiger partial charge in [-0.05, 0) is 48.2 Å². The van der Waals surface area contributed by atoms with E-state index in [1.165, 1.54) is 25.1 Å². The van der Waals surface area contributed by atoms with Crippen LogP contribution < -0.4 is 0 Å². The Morgan fingerprint density at radius 3 is 2.26 bits per heavy atom. The lowest BCUT2D eigenvalue weighted by Crippen LogP contribution is -2.19. The Balaban J connectivity index is 2.37. The molecule has 0 aromatic heterocycles. The number of benzene rings is 2. The quantitative estimate of drug-likeness (QED) is 0.523. The van der Waals surface area contributed by atoms with Crippen LogP contribution in [0.2, 0.25) is 0 Å². The van der Waals surface area contributed by atoms with Crippen LogP contribution in [0.25, 0.3) is 6.08 Å². The van der Waals surface area contributed by atoms with E-state index in [1.807, 2.05) is 13.0 Å². The molecule has 0 fully saturated rings. The van der Waals surface area contributed by atoms with Gasteiger partial charge in [0.2, 0.25) is 0 Å². The molecule has 1 unspecified atom stereocenters. The van der Waals surface area contributed by atoms with Crippen LogP contribution in [0, 0.1) is 19.7 Å². The summed E-state index contributed by atoms with van der Waals surface area (Å²) in [7, 11) is 0. The third kappa shape index (κ3) is 4.44. The molecule has 0 heterocycles. The monoisotopic (exact) mass is 386 g/mol. The molecule has 23 heavy (non-hydrogen) atoms. The lowest BCUT2D eigenvalue weighted by atomic mass is 9.95. The van der Waals surface area contributed by atoms with E-state index in [4.69, 9.17) is 0 Å². The maximum Gasteiger partial charge on any atom is 0.399 e. The molecule has 0 aliphatic carbocycles. The zero-order valence-electron chi connectivity index (χ0n) is 12.6. The van der Waals surface area contributed by atoms with E-state index in [1.54, 1.807) is 12.1 Å². The van der Waals surface area contributed by atoms with Crippen molar-refractivity contribution in [2.24, 2.45) is 0 Å². The van der Waals surface area contributed by atoms with Crippen molar-refractivity contribution >= 4 is 22.0 Å². The third-order valence-electron chi connectivity index (χ3n) is 3.57. The number of hydrogen-bond acceptors (Lipinski definition) is 0. The fourth-order valence-corrected chi connectivity index (χ4v) is 2.59. The first-order valence-electron chi connectivity index (χ1n) is 6.95. The molecule has 2 aromatic rings. The summed E-state index contributed by atoms with van der Waals surface area (Å²) in [5, 5.41) is 0. The molecule has 0 nitrogen and oxygen atoms in total. The Morgan fingerprint density at radius 2 is 1.70 bits per heavy atom. The van der Waals surface area contributed by atoms with Crippen LogP contribution in [-0.2, 0) is 0 Å².